The summed E-state index contributed by atoms with van der Waals surface area (Å²) in [7, 11) is 0. The van der Waals surface area contributed by atoms with E-state index in [-0.39, 0.29) is 23.4 Å². The van der Waals surface area contributed by atoms with Gasteiger partial charge in [0.2, 0.25) is 0 Å². The molecule has 3 aliphatic rings. The molecule has 1 saturated carbocycles. The molecule has 0 spiro atoms. The minimum atomic E-state index is -1.00. The number of fused-ring (bicyclic) bond motifs is 3. The molecule has 8 heteroatoms. The molecule has 1 aliphatic carbocycles. The highest BCUT2D eigenvalue weighted by molar-refractivity contribution is 5.94. The number of benzene rings is 2. The van der Waals surface area contributed by atoms with Crippen LogP contribution in [0.25, 0.3) is 11.0 Å². The fourth-order valence-electron chi connectivity index (χ4n) is 7.85. The number of carboxylic acids is 1. The van der Waals surface area contributed by atoms with Gasteiger partial charge in [-0.3, -0.25) is 19.1 Å². The van der Waals surface area contributed by atoms with Gasteiger partial charge in [0.25, 0.3) is 11.5 Å². The number of carboxylic acid groups (broad SMARTS) is 1. The van der Waals surface area contributed by atoms with Crippen molar-refractivity contribution in [2.45, 2.75) is 108 Å². The van der Waals surface area contributed by atoms with Crippen LogP contribution in [0.15, 0.2) is 53.3 Å². The lowest BCUT2D eigenvalue weighted by atomic mass is 9.81. The van der Waals surface area contributed by atoms with E-state index < -0.39 is 17.4 Å². The summed E-state index contributed by atoms with van der Waals surface area (Å²) in [5.41, 5.74) is 1.49. The number of amides is 1. The van der Waals surface area contributed by atoms with E-state index >= 15 is 0 Å². The molecule has 3 heterocycles. The maximum absolute atomic E-state index is 14.1. The highest BCUT2D eigenvalue weighted by Gasteiger charge is 2.49. The van der Waals surface area contributed by atoms with Gasteiger partial charge in [-0.25, -0.2) is 9.78 Å². The SMILES string of the molecule is C[C@]1(n2c(=O)c(C(=O)NCc3ccc(C(=O)O)cc3)nc3ccccc32)C[C@H]2CC[C@@H](C1)N2C1CCCCCCC1. The molecule has 0 radical (unpaired) electrons. The molecule has 8 nitrogen and oxygen atoms in total. The zero-order valence-corrected chi connectivity index (χ0v) is 23.8. The molecule has 0 unspecified atom stereocenters. The van der Waals surface area contributed by atoms with Gasteiger partial charge in [-0.05, 0) is 75.3 Å². The minimum Gasteiger partial charge on any atom is -0.478 e. The smallest absolute Gasteiger partial charge is 0.335 e. The van der Waals surface area contributed by atoms with E-state index in [1.165, 1.54) is 69.9 Å². The van der Waals surface area contributed by atoms with Crippen LogP contribution in [0.5, 0.6) is 0 Å². The van der Waals surface area contributed by atoms with Crippen molar-refractivity contribution < 1.29 is 14.7 Å². The van der Waals surface area contributed by atoms with Crippen LogP contribution in [-0.4, -0.2) is 49.6 Å². The number of hydrogen-bond acceptors (Lipinski definition) is 5. The van der Waals surface area contributed by atoms with E-state index in [1.807, 2.05) is 28.8 Å². The van der Waals surface area contributed by atoms with Crippen molar-refractivity contribution in [1.82, 2.24) is 19.8 Å². The fourth-order valence-corrected chi connectivity index (χ4v) is 7.85. The molecule has 3 atom stereocenters. The standard InChI is InChI=1S/C33H40N4O4/c1-33(19-25-17-18-26(20-33)36(25)24-9-5-3-2-4-6-10-24)37-28-12-8-7-11-27(28)35-29(31(37)39)30(38)34-21-22-13-15-23(16-14-22)32(40)41/h7-8,11-16,24-26H,2-6,9-10,17-21H2,1H3,(H,34,38)(H,40,41)/t25-,26+,33+. The molecular weight excluding hydrogens is 516 g/mol. The first-order valence-corrected chi connectivity index (χ1v) is 15.2. The summed E-state index contributed by atoms with van der Waals surface area (Å²) in [6.45, 7) is 2.37. The summed E-state index contributed by atoms with van der Waals surface area (Å²) in [4.78, 5) is 46.0. The summed E-state index contributed by atoms with van der Waals surface area (Å²) in [6.07, 6.45) is 13.4. The summed E-state index contributed by atoms with van der Waals surface area (Å²) in [6, 6.07) is 15.5. The van der Waals surface area contributed by atoms with Crippen molar-refractivity contribution in [2.75, 3.05) is 0 Å². The number of hydrogen-bond donors (Lipinski definition) is 2. The zero-order chi connectivity index (χ0) is 28.6. The molecule has 1 aromatic heterocycles. The van der Waals surface area contributed by atoms with Crippen LogP contribution >= 0.6 is 0 Å². The molecular formula is C33H40N4O4. The number of nitrogens with zero attached hydrogens (tertiary/aromatic N) is 3. The van der Waals surface area contributed by atoms with Crippen LogP contribution in [0.1, 0.15) is 104 Å². The molecule has 2 saturated heterocycles. The van der Waals surface area contributed by atoms with Crippen LogP contribution in [0.4, 0.5) is 0 Å². The molecule has 3 fully saturated rings. The number of nitrogens with one attached hydrogen (secondary N) is 1. The average Bonchev–Trinajstić information content (AvgIpc) is 3.22. The number of aromatic carboxylic acids is 1. The highest BCUT2D eigenvalue weighted by Crippen LogP contribution is 2.47. The van der Waals surface area contributed by atoms with Gasteiger partial charge in [0, 0.05) is 30.2 Å². The Hall–Kier alpha value is -3.52. The van der Waals surface area contributed by atoms with Gasteiger partial charge in [0.05, 0.1) is 16.6 Å². The zero-order valence-electron chi connectivity index (χ0n) is 23.8. The van der Waals surface area contributed by atoms with E-state index in [0.29, 0.717) is 23.6 Å². The Balaban J connectivity index is 1.29. The van der Waals surface area contributed by atoms with Crippen LogP contribution in [0.3, 0.4) is 0 Å². The first kappa shape index (κ1) is 27.6. The molecule has 216 valence electrons. The van der Waals surface area contributed by atoms with Gasteiger partial charge in [-0.2, -0.15) is 0 Å². The lowest BCUT2D eigenvalue weighted by molar-refractivity contribution is 0.0161. The number of carbonyl (C=O) groups is 2. The topological polar surface area (TPSA) is 105 Å². The van der Waals surface area contributed by atoms with E-state index in [2.05, 4.69) is 22.1 Å². The van der Waals surface area contributed by atoms with Crippen molar-refractivity contribution >= 4 is 22.9 Å². The fraction of sp³-hybridized carbons (Fsp3) is 0.515. The second-order valence-electron chi connectivity index (χ2n) is 12.5. The van der Waals surface area contributed by atoms with Crippen molar-refractivity contribution in [2.24, 2.45) is 0 Å². The number of para-hydroxylation sites is 2. The third kappa shape index (κ3) is 5.42. The molecule has 41 heavy (non-hydrogen) atoms. The lowest BCUT2D eigenvalue weighted by Crippen LogP contribution is -2.56. The number of carbonyl (C=O) groups excluding carboxylic acids is 1. The predicted octanol–water partition coefficient (Wildman–Crippen LogP) is 5.48. The van der Waals surface area contributed by atoms with Crippen LogP contribution in [0.2, 0.25) is 0 Å². The van der Waals surface area contributed by atoms with E-state index in [1.54, 1.807) is 12.1 Å². The van der Waals surface area contributed by atoms with E-state index in [4.69, 9.17) is 5.11 Å². The molecule has 2 aliphatic heterocycles. The van der Waals surface area contributed by atoms with Gasteiger partial charge in [-0.1, -0.05) is 56.4 Å². The molecule has 2 bridgehead atoms. The van der Waals surface area contributed by atoms with E-state index in [9.17, 15) is 14.4 Å². The summed E-state index contributed by atoms with van der Waals surface area (Å²) in [5, 5.41) is 12.0. The summed E-state index contributed by atoms with van der Waals surface area (Å²) in [5.74, 6) is -1.52. The van der Waals surface area contributed by atoms with Crippen molar-refractivity contribution in [3.05, 3.63) is 75.7 Å². The lowest BCUT2D eigenvalue weighted by Gasteiger charge is -2.49. The van der Waals surface area contributed by atoms with Crippen molar-refractivity contribution in [1.29, 1.82) is 0 Å². The Morgan fingerprint density at radius 2 is 1.54 bits per heavy atom. The summed E-state index contributed by atoms with van der Waals surface area (Å²) >= 11 is 0. The molecule has 2 N–H and O–H groups in total. The van der Waals surface area contributed by atoms with Crippen molar-refractivity contribution in [3.63, 3.8) is 0 Å². The summed E-state index contributed by atoms with van der Waals surface area (Å²) < 4.78 is 1.88. The van der Waals surface area contributed by atoms with Gasteiger partial charge >= 0.3 is 5.97 Å². The van der Waals surface area contributed by atoms with Crippen LogP contribution < -0.4 is 10.9 Å². The number of piperidine rings is 1. The largest absolute Gasteiger partial charge is 0.478 e. The quantitative estimate of drug-likeness (QED) is 0.417. The Kier molecular flexibility index (Phi) is 7.68. The van der Waals surface area contributed by atoms with Crippen molar-refractivity contribution in [3.8, 4) is 0 Å². The maximum Gasteiger partial charge on any atom is 0.335 e. The Morgan fingerprint density at radius 1 is 0.902 bits per heavy atom. The monoisotopic (exact) mass is 556 g/mol. The van der Waals surface area contributed by atoms with Gasteiger partial charge < -0.3 is 10.4 Å². The Bertz CT molecular complexity index is 1480. The average molecular weight is 557 g/mol. The van der Waals surface area contributed by atoms with Gasteiger partial charge in [-0.15, -0.1) is 0 Å². The predicted molar refractivity (Wildman–Crippen MR) is 158 cm³/mol. The van der Waals surface area contributed by atoms with Crippen LogP contribution in [-0.2, 0) is 12.1 Å². The normalized spacial score (nSPS) is 25.5. The Labute approximate surface area is 240 Å². The van der Waals surface area contributed by atoms with Gasteiger partial charge in [0.15, 0.2) is 5.69 Å². The van der Waals surface area contributed by atoms with Crippen LogP contribution in [0, 0.1) is 0 Å². The second-order valence-corrected chi connectivity index (χ2v) is 12.5. The second kappa shape index (κ2) is 11.4. The van der Waals surface area contributed by atoms with E-state index in [0.717, 1.165) is 23.9 Å². The Morgan fingerprint density at radius 3 is 2.20 bits per heavy atom. The molecule has 6 rings (SSSR count). The minimum absolute atomic E-state index is 0.0955. The first-order chi connectivity index (χ1) is 19.8. The maximum atomic E-state index is 14.1. The molecule has 2 aromatic carbocycles. The molecule has 1 amide bonds. The third-order valence-corrected chi connectivity index (χ3v) is 9.69. The number of rotatable bonds is 6. The van der Waals surface area contributed by atoms with Gasteiger partial charge in [0.1, 0.15) is 0 Å². The highest BCUT2D eigenvalue weighted by atomic mass is 16.4. The third-order valence-electron chi connectivity index (χ3n) is 9.69. The first-order valence-electron chi connectivity index (χ1n) is 15.2. The molecule has 3 aromatic rings. The number of aromatic nitrogens is 2.